The van der Waals surface area contributed by atoms with Crippen molar-refractivity contribution >= 4 is 51.7 Å². The molecular weight excluding hydrogens is 1220 g/mol. The monoisotopic (exact) mass is 1330 g/mol. The summed E-state index contributed by atoms with van der Waals surface area (Å²) in [7, 11) is -2.67. The number of nitrogens with zero attached hydrogens (tertiary/aromatic N) is 2. The summed E-state index contributed by atoms with van der Waals surface area (Å²) in [6.07, 6.45) is 2.28. The van der Waals surface area contributed by atoms with Gasteiger partial charge in [-0.3, -0.25) is 0 Å². The Kier molecular flexibility index (Phi) is 18.7. The molecule has 2 heterocycles. The summed E-state index contributed by atoms with van der Waals surface area (Å²) in [5.74, 6) is 0.197. The summed E-state index contributed by atoms with van der Waals surface area (Å²) in [5, 5.41) is 31.2. The van der Waals surface area contributed by atoms with Crippen molar-refractivity contribution in [3.05, 3.63) is 177 Å². The molecule has 0 spiro atoms. The van der Waals surface area contributed by atoms with Gasteiger partial charge < -0.3 is 28.8 Å². The number of phenols is 2. The normalized spacial score (nSPS) is 13.5. The molecule has 516 valence electrons. The largest absolute Gasteiger partial charge is 0.505 e. The van der Waals surface area contributed by atoms with Crippen LogP contribution >= 0.6 is 0 Å². The van der Waals surface area contributed by atoms with Crippen molar-refractivity contribution in [2.75, 3.05) is 12.5 Å². The van der Waals surface area contributed by atoms with E-state index >= 15 is 8.78 Å². The standard InChI is InChI=1S/C88H112F2N2O4Si/c1-27-97(28-2,51-95-79-53(3)37-61(89)47-69(79)67-39-59(87(23,24)49-81(5,6)7)45-75(77(67)93)91-71-41-55(83(11,12)13)29-33-63(71)64-34-30-56(42-72(64)91)84(14,15)16)52-96-80-54(4)38-62(90)48-70(80)68-40-60(88(25,26)50-82(8,9)10)46-76(78(68)94)92-73-43-57(85(17,18)19)31-35-65(73)66-36-32-58(44-74(66)92)86(20,21)22/h29-48,93-94H,27-28,49-52H2,1-26H3. The first-order chi connectivity index (χ1) is 44.7. The van der Waals surface area contributed by atoms with Crippen molar-refractivity contribution in [2.24, 2.45) is 10.8 Å². The first-order valence-electron chi connectivity index (χ1n) is 35.5. The summed E-state index contributed by atoms with van der Waals surface area (Å²) in [6, 6.07) is 43.0. The molecule has 10 aromatic rings. The topological polar surface area (TPSA) is 68.8 Å². The van der Waals surface area contributed by atoms with Crippen LogP contribution in [0.5, 0.6) is 23.0 Å². The lowest BCUT2D eigenvalue weighted by molar-refractivity contribution is 0.283. The molecule has 0 saturated heterocycles. The second kappa shape index (κ2) is 25.1. The van der Waals surface area contributed by atoms with Crippen molar-refractivity contribution in [3.63, 3.8) is 0 Å². The number of rotatable bonds is 16. The number of aromatic hydroxyl groups is 2. The van der Waals surface area contributed by atoms with Gasteiger partial charge in [0, 0.05) is 43.8 Å². The van der Waals surface area contributed by atoms with E-state index in [0.29, 0.717) is 68.7 Å². The number of benzene rings is 8. The number of fused-ring (bicyclic) bond motifs is 6. The molecule has 6 nitrogen and oxygen atoms in total. The Bertz CT molecular complexity index is 4240. The molecule has 0 saturated carbocycles. The van der Waals surface area contributed by atoms with Crippen LogP contribution < -0.4 is 9.47 Å². The van der Waals surface area contributed by atoms with Gasteiger partial charge in [0.1, 0.15) is 42.7 Å². The number of aryl methyl sites for hydroxylation is 2. The van der Waals surface area contributed by atoms with Crippen molar-refractivity contribution in [2.45, 2.75) is 237 Å². The van der Waals surface area contributed by atoms with Gasteiger partial charge in [-0.15, -0.1) is 0 Å². The average Bonchev–Trinajstić information content (AvgIpc) is 1.60. The smallest absolute Gasteiger partial charge is 0.147 e. The molecule has 0 aliphatic carbocycles. The Morgan fingerprint density at radius 2 is 0.639 bits per heavy atom. The SMILES string of the molecule is CC[Si](CC)(COc1c(C)cc(F)cc1-c1cc(C(C)(C)CC(C)(C)C)cc(-n2c3cc(C(C)(C)C)ccc3c3ccc(C(C)(C)C)cc32)c1O)COc1c(C)cc(F)cc1-c1cc(C(C)(C)CC(C)(C)C)cc(-n2c3cc(C(C)(C)C)ccc3c3ccc(C(C)(C)C)cc32)c1O. The lowest BCUT2D eigenvalue weighted by Gasteiger charge is -2.34. The maximum atomic E-state index is 16.6. The zero-order chi connectivity index (χ0) is 71.6. The first-order valence-corrected chi connectivity index (χ1v) is 38.3. The van der Waals surface area contributed by atoms with Gasteiger partial charge in [0.05, 0.1) is 45.9 Å². The zero-order valence-electron chi connectivity index (χ0n) is 63.7. The molecule has 0 bridgehead atoms. The fourth-order valence-electron chi connectivity index (χ4n) is 15.4. The predicted molar refractivity (Wildman–Crippen MR) is 412 cm³/mol. The molecule has 0 radical (unpaired) electrons. The van der Waals surface area contributed by atoms with Crippen LogP contribution in [0.4, 0.5) is 8.78 Å². The zero-order valence-corrected chi connectivity index (χ0v) is 64.7. The highest BCUT2D eigenvalue weighted by atomic mass is 28.3. The summed E-state index contributed by atoms with van der Waals surface area (Å²) >= 11 is 0. The Morgan fingerprint density at radius 3 is 0.887 bits per heavy atom. The van der Waals surface area contributed by atoms with Crippen LogP contribution in [0.2, 0.25) is 12.1 Å². The van der Waals surface area contributed by atoms with Gasteiger partial charge in [-0.1, -0.05) is 227 Å². The lowest BCUT2D eigenvalue weighted by atomic mass is 9.71. The molecule has 0 aliphatic rings. The Hall–Kier alpha value is -7.36. The number of hydrogen-bond donors (Lipinski definition) is 2. The molecule has 0 unspecified atom stereocenters. The van der Waals surface area contributed by atoms with E-state index < -0.39 is 30.5 Å². The van der Waals surface area contributed by atoms with Gasteiger partial charge in [0.2, 0.25) is 0 Å². The quantitative estimate of drug-likeness (QED) is 0.0946. The minimum Gasteiger partial charge on any atom is -0.505 e. The molecule has 0 aliphatic heterocycles. The van der Waals surface area contributed by atoms with E-state index in [9.17, 15) is 10.2 Å². The Labute approximate surface area is 580 Å². The van der Waals surface area contributed by atoms with Crippen LogP contribution in [0.3, 0.4) is 0 Å². The van der Waals surface area contributed by atoms with Gasteiger partial charge in [-0.05, 0) is 187 Å². The highest BCUT2D eigenvalue weighted by molar-refractivity contribution is 6.79. The van der Waals surface area contributed by atoms with Gasteiger partial charge >= 0.3 is 0 Å². The third-order valence-electron chi connectivity index (χ3n) is 20.8. The van der Waals surface area contributed by atoms with Crippen molar-refractivity contribution in [1.29, 1.82) is 0 Å². The van der Waals surface area contributed by atoms with E-state index in [0.717, 1.165) is 79.7 Å². The average molecular weight is 1330 g/mol. The fourth-order valence-corrected chi connectivity index (χ4v) is 17.7. The number of hydrogen-bond acceptors (Lipinski definition) is 4. The van der Waals surface area contributed by atoms with E-state index in [1.165, 1.54) is 46.5 Å². The van der Waals surface area contributed by atoms with Crippen molar-refractivity contribution in [1.82, 2.24) is 9.13 Å². The maximum absolute atomic E-state index is 16.6. The molecule has 10 rings (SSSR count). The minimum atomic E-state index is -2.67. The van der Waals surface area contributed by atoms with Crippen LogP contribution in [-0.2, 0) is 32.5 Å². The molecule has 97 heavy (non-hydrogen) atoms. The maximum Gasteiger partial charge on any atom is 0.147 e. The van der Waals surface area contributed by atoms with Crippen molar-refractivity contribution < 1.29 is 28.5 Å². The lowest BCUT2D eigenvalue weighted by Crippen LogP contribution is -2.47. The third-order valence-corrected chi connectivity index (χ3v) is 25.3. The second-order valence-corrected chi connectivity index (χ2v) is 41.6. The van der Waals surface area contributed by atoms with E-state index in [4.69, 9.17) is 9.47 Å². The highest BCUT2D eigenvalue weighted by Crippen LogP contribution is 2.52. The Morgan fingerprint density at radius 1 is 0.361 bits per heavy atom. The highest BCUT2D eigenvalue weighted by Gasteiger charge is 2.37. The van der Waals surface area contributed by atoms with Crippen LogP contribution in [0.1, 0.15) is 224 Å². The summed E-state index contributed by atoms with van der Waals surface area (Å²) < 4.78 is 52.3. The molecule has 9 heteroatoms. The molecular formula is C88H112F2N2O4Si. The number of halogens is 2. The summed E-state index contributed by atoms with van der Waals surface area (Å²) in [6.45, 7) is 57.6. The minimum absolute atomic E-state index is 0.0307. The summed E-state index contributed by atoms with van der Waals surface area (Å²) in [4.78, 5) is 0. The number of ether oxygens (including phenoxy) is 2. The first kappa shape index (κ1) is 72.4. The molecule has 0 atom stereocenters. The van der Waals surface area contributed by atoms with Crippen LogP contribution in [0, 0.1) is 36.3 Å². The van der Waals surface area contributed by atoms with Gasteiger partial charge in [-0.25, -0.2) is 8.78 Å². The Balaban J connectivity index is 1.13. The number of phenolic OH excluding ortho intramolecular Hbond substituents is 2. The molecule has 8 aromatic carbocycles. The van der Waals surface area contributed by atoms with Crippen LogP contribution in [0.15, 0.2) is 121 Å². The van der Waals surface area contributed by atoms with Crippen molar-refractivity contribution in [3.8, 4) is 56.6 Å². The third kappa shape index (κ3) is 14.4. The van der Waals surface area contributed by atoms with E-state index in [1.54, 1.807) is 0 Å². The molecule has 0 fully saturated rings. The molecule has 2 N–H and O–H groups in total. The molecule has 2 aromatic heterocycles. The van der Waals surface area contributed by atoms with Gasteiger partial charge in [0.15, 0.2) is 0 Å². The predicted octanol–water partition coefficient (Wildman–Crippen LogP) is 25.2. The van der Waals surface area contributed by atoms with E-state index in [2.05, 4.69) is 272 Å². The second-order valence-electron chi connectivity index (χ2n) is 36.6. The fraction of sp³-hybridized carbons (Fsp3) is 0.455. The molecule has 0 amide bonds. The van der Waals surface area contributed by atoms with Gasteiger partial charge in [-0.2, -0.15) is 0 Å². The van der Waals surface area contributed by atoms with E-state index in [1.807, 2.05) is 13.8 Å². The van der Waals surface area contributed by atoms with Gasteiger partial charge in [0.25, 0.3) is 0 Å². The van der Waals surface area contributed by atoms with Crippen LogP contribution in [-0.4, -0.2) is 39.9 Å². The summed E-state index contributed by atoms with van der Waals surface area (Å²) in [5.41, 5.74) is 13.5. The number of aromatic nitrogens is 2. The van der Waals surface area contributed by atoms with E-state index in [-0.39, 0.29) is 44.0 Å². The van der Waals surface area contributed by atoms with Crippen LogP contribution in [0.25, 0.3) is 77.2 Å².